The van der Waals surface area contributed by atoms with Gasteiger partial charge in [0.05, 0.1) is 32.9 Å². The van der Waals surface area contributed by atoms with Crippen molar-refractivity contribution in [3.05, 3.63) is 59.7 Å². The Morgan fingerprint density at radius 2 is 1.60 bits per heavy atom. The van der Waals surface area contributed by atoms with Gasteiger partial charge < -0.3 is 23.7 Å². The molecule has 2 saturated heterocycles. The van der Waals surface area contributed by atoms with Crippen molar-refractivity contribution in [1.29, 1.82) is 0 Å². The Balaban J connectivity index is 1.37. The molecule has 4 rings (SSSR count). The van der Waals surface area contributed by atoms with Crippen molar-refractivity contribution in [2.24, 2.45) is 0 Å². The molecule has 0 N–H and O–H groups in total. The van der Waals surface area contributed by atoms with Crippen LogP contribution in [0.5, 0.6) is 17.2 Å². The summed E-state index contributed by atoms with van der Waals surface area (Å²) in [5, 5.41) is 0. The number of rotatable bonds is 8. The van der Waals surface area contributed by atoms with E-state index >= 15 is 0 Å². The molecule has 8 nitrogen and oxygen atoms in total. The fourth-order valence-corrected chi connectivity index (χ4v) is 4.94. The molecule has 0 amide bonds. The number of hydrogen-bond acceptors (Lipinski definition) is 8. The maximum Gasteiger partial charge on any atom is 0.338 e. The molecule has 2 bridgehead atoms. The van der Waals surface area contributed by atoms with Crippen LogP contribution in [0.3, 0.4) is 0 Å². The summed E-state index contributed by atoms with van der Waals surface area (Å²) >= 11 is 0. The van der Waals surface area contributed by atoms with Gasteiger partial charge in [0.25, 0.3) is 0 Å². The van der Waals surface area contributed by atoms with E-state index < -0.39 is 5.97 Å². The summed E-state index contributed by atoms with van der Waals surface area (Å²) in [5.74, 6) is 0.744. The molecule has 2 heterocycles. The Morgan fingerprint density at radius 3 is 2.23 bits per heavy atom. The van der Waals surface area contributed by atoms with E-state index in [0.717, 1.165) is 6.42 Å². The van der Waals surface area contributed by atoms with Crippen molar-refractivity contribution in [3.63, 3.8) is 0 Å². The predicted octanol–water partition coefficient (Wildman–Crippen LogP) is 3.73. The van der Waals surface area contributed by atoms with Crippen molar-refractivity contribution in [1.82, 2.24) is 4.90 Å². The van der Waals surface area contributed by atoms with Crippen LogP contribution in [-0.2, 0) is 14.3 Å². The average Bonchev–Trinajstić information content (AvgIpc) is 3.03. The van der Waals surface area contributed by atoms with E-state index in [4.69, 9.17) is 23.7 Å². The highest BCUT2D eigenvalue weighted by molar-refractivity contribution is 5.89. The third-order valence-corrected chi connectivity index (χ3v) is 6.72. The van der Waals surface area contributed by atoms with E-state index in [1.807, 2.05) is 25.2 Å². The van der Waals surface area contributed by atoms with Crippen LogP contribution in [-0.4, -0.2) is 69.5 Å². The predicted molar refractivity (Wildman–Crippen MR) is 130 cm³/mol. The maximum atomic E-state index is 12.6. The first-order valence-corrected chi connectivity index (χ1v) is 11.6. The number of carbonyl (C=O) groups is 2. The Morgan fingerprint density at radius 1 is 0.914 bits per heavy atom. The zero-order valence-electron chi connectivity index (χ0n) is 20.4. The molecule has 2 aromatic carbocycles. The van der Waals surface area contributed by atoms with E-state index in [2.05, 4.69) is 4.90 Å². The number of piperidine rings is 1. The molecule has 2 aliphatic rings. The van der Waals surface area contributed by atoms with Gasteiger partial charge in [-0.3, -0.25) is 4.90 Å². The molecule has 0 aliphatic carbocycles. The smallest absolute Gasteiger partial charge is 0.338 e. The second-order valence-corrected chi connectivity index (χ2v) is 8.75. The van der Waals surface area contributed by atoms with Crippen LogP contribution in [0.1, 0.15) is 35.2 Å². The molecule has 0 saturated carbocycles. The normalized spacial score (nSPS) is 23.7. The molecular formula is C27H31NO7. The molecule has 0 radical (unpaired) electrons. The first-order chi connectivity index (χ1) is 16.9. The van der Waals surface area contributed by atoms with E-state index in [-0.39, 0.29) is 30.3 Å². The number of benzene rings is 2. The lowest BCUT2D eigenvalue weighted by Crippen LogP contribution is -2.46. The molecule has 0 aromatic heterocycles. The van der Waals surface area contributed by atoms with Gasteiger partial charge in [0.1, 0.15) is 12.2 Å². The molecule has 35 heavy (non-hydrogen) atoms. The lowest BCUT2D eigenvalue weighted by molar-refractivity contribution is -0.146. The Bertz CT molecular complexity index is 1060. The summed E-state index contributed by atoms with van der Waals surface area (Å²) in [6.07, 6.45) is 4.64. The quantitative estimate of drug-likeness (QED) is 0.417. The van der Waals surface area contributed by atoms with Gasteiger partial charge in [0, 0.05) is 31.4 Å². The number of esters is 2. The van der Waals surface area contributed by atoms with Crippen LogP contribution in [0.2, 0.25) is 0 Å². The van der Waals surface area contributed by atoms with Gasteiger partial charge in [-0.05, 0) is 43.0 Å². The standard InChI is InChI=1S/C27H31NO7/c1-28-19-14-20(16-21(28)22(15-19)35-27(30)18-8-6-5-7-9-18)34-25(29)11-10-17-12-23(31-2)26(33-4)24(13-17)32-3/h5-13,19-22H,14-16H2,1-4H3/t19?,20-,21?,22-/m0/s1. The lowest BCUT2D eigenvalue weighted by Gasteiger charge is -2.36. The van der Waals surface area contributed by atoms with Crippen LogP contribution >= 0.6 is 0 Å². The Labute approximate surface area is 205 Å². The van der Waals surface area contributed by atoms with Crippen molar-refractivity contribution in [2.45, 2.75) is 43.6 Å². The van der Waals surface area contributed by atoms with Gasteiger partial charge in [0.2, 0.25) is 5.75 Å². The van der Waals surface area contributed by atoms with Gasteiger partial charge in [-0.15, -0.1) is 0 Å². The monoisotopic (exact) mass is 481 g/mol. The number of nitrogens with zero attached hydrogens (tertiary/aromatic N) is 1. The third-order valence-electron chi connectivity index (χ3n) is 6.72. The molecule has 2 unspecified atom stereocenters. The Hall–Kier alpha value is -3.52. The van der Waals surface area contributed by atoms with Crippen LogP contribution in [0, 0.1) is 0 Å². The minimum Gasteiger partial charge on any atom is -0.493 e. The van der Waals surface area contributed by atoms with Gasteiger partial charge in [-0.25, -0.2) is 9.59 Å². The van der Waals surface area contributed by atoms with Gasteiger partial charge in [0.15, 0.2) is 11.5 Å². The van der Waals surface area contributed by atoms with E-state index in [9.17, 15) is 9.59 Å². The minimum absolute atomic E-state index is 0.0123. The van der Waals surface area contributed by atoms with Crippen LogP contribution in [0.25, 0.3) is 6.08 Å². The topological polar surface area (TPSA) is 83.5 Å². The summed E-state index contributed by atoms with van der Waals surface area (Å²) in [6, 6.07) is 12.7. The van der Waals surface area contributed by atoms with Gasteiger partial charge in [-0.1, -0.05) is 18.2 Å². The SMILES string of the molecule is COc1cc(C=CC(=O)O[C@H]2CC3C[C@H](OC(=O)c4ccccc4)C(C2)N3C)cc(OC)c1OC. The largest absolute Gasteiger partial charge is 0.493 e. The molecule has 4 atom stereocenters. The highest BCUT2D eigenvalue weighted by Crippen LogP contribution is 2.39. The van der Waals surface area contributed by atoms with Crippen molar-refractivity contribution >= 4 is 18.0 Å². The summed E-state index contributed by atoms with van der Waals surface area (Å²) in [7, 11) is 6.65. The van der Waals surface area contributed by atoms with Gasteiger partial charge >= 0.3 is 11.9 Å². The fraction of sp³-hybridized carbons (Fsp3) is 0.407. The lowest BCUT2D eigenvalue weighted by atomic mass is 10.0. The number of fused-ring (bicyclic) bond motifs is 2. The number of hydrogen-bond donors (Lipinski definition) is 0. The second kappa shape index (κ2) is 10.8. The first-order valence-electron chi connectivity index (χ1n) is 11.6. The molecule has 8 heteroatoms. The number of methoxy groups -OCH3 is 3. The number of likely N-dealkylation sites (N-methyl/N-ethyl adjacent to an activating group) is 1. The highest BCUT2D eigenvalue weighted by atomic mass is 16.6. The van der Waals surface area contributed by atoms with Crippen LogP contribution in [0.4, 0.5) is 0 Å². The van der Waals surface area contributed by atoms with Gasteiger partial charge in [-0.2, -0.15) is 0 Å². The third kappa shape index (κ3) is 5.43. The number of carbonyl (C=O) groups excluding carboxylic acids is 2. The molecule has 186 valence electrons. The van der Waals surface area contributed by atoms with Crippen molar-refractivity contribution in [3.8, 4) is 17.2 Å². The van der Waals surface area contributed by atoms with Crippen molar-refractivity contribution < 1.29 is 33.3 Å². The summed E-state index contributed by atoms with van der Waals surface area (Å²) in [6.45, 7) is 0. The van der Waals surface area contributed by atoms with Crippen LogP contribution in [0.15, 0.2) is 48.5 Å². The fourth-order valence-electron chi connectivity index (χ4n) is 4.94. The van der Waals surface area contributed by atoms with E-state index in [1.165, 1.54) is 27.4 Å². The maximum absolute atomic E-state index is 12.6. The molecule has 2 aromatic rings. The zero-order valence-corrected chi connectivity index (χ0v) is 20.4. The minimum atomic E-state index is -0.425. The summed E-state index contributed by atoms with van der Waals surface area (Å²) in [5.41, 5.74) is 1.25. The Kier molecular flexibility index (Phi) is 7.60. The first kappa shape index (κ1) is 24.6. The summed E-state index contributed by atoms with van der Waals surface area (Å²) < 4.78 is 27.6. The molecular weight excluding hydrogens is 450 g/mol. The van der Waals surface area contributed by atoms with E-state index in [1.54, 1.807) is 30.3 Å². The zero-order chi connectivity index (χ0) is 24.9. The summed E-state index contributed by atoms with van der Waals surface area (Å²) in [4.78, 5) is 27.4. The van der Waals surface area contributed by atoms with Crippen molar-refractivity contribution in [2.75, 3.05) is 28.4 Å². The molecule has 2 fully saturated rings. The molecule has 0 spiro atoms. The molecule has 2 aliphatic heterocycles. The van der Waals surface area contributed by atoms with E-state index in [0.29, 0.717) is 41.2 Å². The number of ether oxygens (including phenoxy) is 5. The second-order valence-electron chi connectivity index (χ2n) is 8.75. The average molecular weight is 482 g/mol. The van der Waals surface area contributed by atoms with Crippen LogP contribution < -0.4 is 14.2 Å². The highest BCUT2D eigenvalue weighted by Gasteiger charge is 2.47.